The molecular weight excluding hydrogens is 429 g/mol. The molecule has 3 aromatic rings. The van der Waals surface area contributed by atoms with Crippen molar-refractivity contribution in [2.24, 2.45) is 11.7 Å². The molecule has 3 N–H and O–H groups in total. The van der Waals surface area contributed by atoms with Crippen LogP contribution in [0.3, 0.4) is 0 Å². The number of pyridine rings is 1. The van der Waals surface area contributed by atoms with Crippen LogP contribution in [0.2, 0.25) is 10.0 Å². The van der Waals surface area contributed by atoms with Crippen molar-refractivity contribution >= 4 is 45.6 Å². The molecule has 0 amide bonds. The molecule has 4 rings (SSSR count). The van der Waals surface area contributed by atoms with Gasteiger partial charge in [-0.25, -0.2) is 0 Å². The Labute approximate surface area is 193 Å². The molecule has 0 spiro atoms. The molecule has 1 saturated carbocycles. The van der Waals surface area contributed by atoms with E-state index in [0.29, 0.717) is 15.6 Å². The van der Waals surface area contributed by atoms with Crippen molar-refractivity contribution in [1.82, 2.24) is 4.98 Å². The van der Waals surface area contributed by atoms with E-state index in [0.717, 1.165) is 53.4 Å². The predicted octanol–water partition coefficient (Wildman–Crippen LogP) is 6.73. The maximum atomic E-state index is 13.0. The van der Waals surface area contributed by atoms with E-state index in [-0.39, 0.29) is 23.8 Å². The summed E-state index contributed by atoms with van der Waals surface area (Å²) in [6, 6.07) is 12.1. The minimum atomic E-state index is -0.116. The van der Waals surface area contributed by atoms with Crippen LogP contribution in [0, 0.1) is 5.92 Å². The summed E-state index contributed by atoms with van der Waals surface area (Å²) in [7, 11) is 0. The Balaban J connectivity index is 1.84. The van der Waals surface area contributed by atoms with E-state index >= 15 is 0 Å². The fourth-order valence-electron chi connectivity index (χ4n) is 4.21. The number of hydrogen-bond acceptors (Lipinski definition) is 4. The number of halogens is 2. The Morgan fingerprint density at radius 1 is 1.03 bits per heavy atom. The number of nitrogens with two attached hydrogens (primary N) is 1. The number of Topliss-reactive ketones (excluding diaryl/α,β-unsaturated/α-hetero) is 1. The first kappa shape index (κ1) is 22.1. The number of benzene rings is 2. The number of nitrogens with one attached hydrogen (secondary N) is 1. The zero-order valence-corrected chi connectivity index (χ0v) is 19.3. The van der Waals surface area contributed by atoms with Gasteiger partial charge in [-0.3, -0.25) is 9.78 Å². The van der Waals surface area contributed by atoms with Crippen LogP contribution in [0.15, 0.2) is 42.6 Å². The number of anilines is 1. The van der Waals surface area contributed by atoms with Gasteiger partial charge in [-0.15, -0.1) is 0 Å². The van der Waals surface area contributed by atoms with Crippen LogP contribution in [0.1, 0.15) is 49.9 Å². The van der Waals surface area contributed by atoms with Gasteiger partial charge in [-0.2, -0.15) is 0 Å². The van der Waals surface area contributed by atoms with Gasteiger partial charge in [0, 0.05) is 39.6 Å². The highest BCUT2D eigenvalue weighted by Gasteiger charge is 2.23. The molecule has 2 aromatic carbocycles. The van der Waals surface area contributed by atoms with Crippen molar-refractivity contribution in [3.05, 3.63) is 58.2 Å². The van der Waals surface area contributed by atoms with Crippen LogP contribution in [-0.4, -0.2) is 22.9 Å². The van der Waals surface area contributed by atoms with Gasteiger partial charge in [-0.1, -0.05) is 43.1 Å². The van der Waals surface area contributed by atoms with Gasteiger partial charge in [0.25, 0.3) is 0 Å². The minimum absolute atomic E-state index is 0.0839. The summed E-state index contributed by atoms with van der Waals surface area (Å²) in [5.41, 5.74) is 10.3. The number of aromatic nitrogens is 1. The summed E-state index contributed by atoms with van der Waals surface area (Å²) in [4.78, 5) is 17.6. The molecular formula is C25H27Cl2N3O. The molecule has 0 bridgehead atoms. The highest BCUT2D eigenvalue weighted by atomic mass is 35.5. The van der Waals surface area contributed by atoms with Gasteiger partial charge in [0.15, 0.2) is 5.78 Å². The van der Waals surface area contributed by atoms with Gasteiger partial charge < -0.3 is 11.1 Å². The molecule has 0 saturated heterocycles. The second kappa shape index (κ2) is 9.15. The van der Waals surface area contributed by atoms with Crippen molar-refractivity contribution in [1.29, 1.82) is 0 Å². The van der Waals surface area contributed by atoms with Gasteiger partial charge in [0.1, 0.15) is 0 Å². The molecule has 4 nitrogen and oxygen atoms in total. The van der Waals surface area contributed by atoms with E-state index in [2.05, 4.69) is 16.4 Å². The lowest BCUT2D eigenvalue weighted by Crippen LogP contribution is -2.33. The molecule has 1 aliphatic rings. The quantitative estimate of drug-likeness (QED) is 0.418. The molecule has 6 heteroatoms. The van der Waals surface area contributed by atoms with E-state index in [9.17, 15) is 4.79 Å². The van der Waals surface area contributed by atoms with Crippen LogP contribution >= 0.6 is 23.2 Å². The number of carbonyl (C=O) groups is 1. The van der Waals surface area contributed by atoms with Crippen molar-refractivity contribution in [3.8, 4) is 11.1 Å². The van der Waals surface area contributed by atoms with Crippen LogP contribution in [0.4, 0.5) is 5.69 Å². The summed E-state index contributed by atoms with van der Waals surface area (Å²) >= 11 is 12.5. The lowest BCUT2D eigenvalue weighted by atomic mass is 9.90. The first-order valence-electron chi connectivity index (χ1n) is 10.8. The smallest absolute Gasteiger partial charge is 0.169 e. The van der Waals surface area contributed by atoms with Crippen molar-refractivity contribution < 1.29 is 4.79 Å². The third kappa shape index (κ3) is 4.87. The second-order valence-corrected chi connectivity index (χ2v) is 9.58. The van der Waals surface area contributed by atoms with Crippen molar-refractivity contribution in [2.75, 3.05) is 5.32 Å². The van der Waals surface area contributed by atoms with E-state index in [1.165, 1.54) is 0 Å². The normalized spacial score (nSPS) is 19.0. The molecule has 1 aliphatic carbocycles. The highest BCUT2D eigenvalue weighted by molar-refractivity contribution is 6.35. The maximum absolute atomic E-state index is 13.0. The van der Waals surface area contributed by atoms with Crippen LogP contribution in [0.25, 0.3) is 22.0 Å². The van der Waals surface area contributed by atoms with E-state index in [4.69, 9.17) is 28.9 Å². The lowest BCUT2D eigenvalue weighted by molar-refractivity contribution is 0.0940. The molecule has 0 aliphatic heterocycles. The molecule has 31 heavy (non-hydrogen) atoms. The summed E-state index contributed by atoms with van der Waals surface area (Å²) in [6.07, 6.45) is 5.66. The average Bonchev–Trinajstić information content (AvgIpc) is 2.74. The van der Waals surface area contributed by atoms with Gasteiger partial charge in [-0.05, 0) is 67.1 Å². The Morgan fingerprint density at radius 2 is 1.71 bits per heavy atom. The maximum Gasteiger partial charge on any atom is 0.169 e. The summed E-state index contributed by atoms with van der Waals surface area (Å²) < 4.78 is 0. The number of rotatable bonds is 5. The first-order valence-corrected chi connectivity index (χ1v) is 11.5. The van der Waals surface area contributed by atoms with Crippen LogP contribution in [-0.2, 0) is 0 Å². The van der Waals surface area contributed by atoms with Crippen molar-refractivity contribution in [3.63, 3.8) is 0 Å². The third-order valence-electron chi connectivity index (χ3n) is 5.97. The molecule has 0 unspecified atom stereocenters. The monoisotopic (exact) mass is 455 g/mol. The Hall–Kier alpha value is -2.14. The molecule has 0 atom stereocenters. The molecule has 1 heterocycles. The molecule has 0 radical (unpaired) electrons. The molecule has 1 fully saturated rings. The fourth-order valence-corrected chi connectivity index (χ4v) is 4.74. The van der Waals surface area contributed by atoms with Gasteiger partial charge in [0.2, 0.25) is 0 Å². The number of fused-ring (bicyclic) bond motifs is 1. The first-order chi connectivity index (χ1) is 14.8. The fraction of sp³-hybridized carbons (Fsp3) is 0.360. The van der Waals surface area contributed by atoms with Crippen LogP contribution in [0.5, 0.6) is 0 Å². The van der Waals surface area contributed by atoms with E-state index in [1.807, 2.05) is 38.1 Å². The number of carbonyl (C=O) groups excluding carboxylic acids is 1. The Kier molecular flexibility index (Phi) is 6.52. The van der Waals surface area contributed by atoms with E-state index in [1.54, 1.807) is 12.3 Å². The Morgan fingerprint density at radius 3 is 2.35 bits per heavy atom. The minimum Gasteiger partial charge on any atom is -0.381 e. The summed E-state index contributed by atoms with van der Waals surface area (Å²) in [5, 5.41) is 5.78. The third-order valence-corrected chi connectivity index (χ3v) is 6.41. The van der Waals surface area contributed by atoms with E-state index < -0.39 is 0 Å². The molecule has 162 valence electrons. The highest BCUT2D eigenvalue weighted by Crippen LogP contribution is 2.35. The average molecular weight is 456 g/mol. The topological polar surface area (TPSA) is 68.0 Å². The number of ketones is 1. The Bertz CT molecular complexity index is 1100. The SMILES string of the molecule is CC(C)C(=O)c1cnc2ccc(-c3cc(Cl)cc(Cl)c3)cc2c1N[C@H]1CC[C@H](N)CC1. The van der Waals surface area contributed by atoms with Gasteiger partial charge in [0.05, 0.1) is 16.8 Å². The molecule has 1 aromatic heterocycles. The number of hydrogen-bond donors (Lipinski definition) is 2. The standard InChI is InChI=1S/C25H27Cl2N3O/c1-14(2)25(31)22-13-29-23-8-3-15(16-9-17(26)12-18(27)10-16)11-21(23)24(22)30-20-6-4-19(28)5-7-20/h3,8-14,19-20H,4-7,28H2,1-2H3,(H,29,30)/t19-,20-. The largest absolute Gasteiger partial charge is 0.381 e. The van der Waals surface area contributed by atoms with Crippen LogP contribution < -0.4 is 11.1 Å². The zero-order valence-electron chi connectivity index (χ0n) is 17.8. The summed E-state index contributed by atoms with van der Waals surface area (Å²) in [6.45, 7) is 3.83. The second-order valence-electron chi connectivity index (χ2n) is 8.71. The zero-order chi connectivity index (χ0) is 22.1. The number of nitrogens with zero attached hydrogens (tertiary/aromatic N) is 1. The summed E-state index contributed by atoms with van der Waals surface area (Å²) in [5.74, 6) is -0.0323. The van der Waals surface area contributed by atoms with Crippen molar-refractivity contribution in [2.45, 2.75) is 51.6 Å². The van der Waals surface area contributed by atoms with Gasteiger partial charge >= 0.3 is 0 Å². The lowest BCUT2D eigenvalue weighted by Gasteiger charge is -2.29. The predicted molar refractivity (Wildman–Crippen MR) is 130 cm³/mol.